The Morgan fingerprint density at radius 3 is 2.71 bits per heavy atom. The molecule has 0 saturated heterocycles. The average molecular weight is 393 g/mol. The molecule has 0 fully saturated rings. The van der Waals surface area contributed by atoms with Crippen molar-refractivity contribution >= 4 is 33.4 Å². The van der Waals surface area contributed by atoms with Crippen molar-refractivity contribution in [1.29, 1.82) is 0 Å². The summed E-state index contributed by atoms with van der Waals surface area (Å²) < 4.78 is 0.845. The lowest BCUT2D eigenvalue weighted by Gasteiger charge is -2.22. The molecule has 0 unspecified atom stereocenters. The van der Waals surface area contributed by atoms with Crippen LogP contribution < -0.4 is 5.32 Å². The number of hydrogen-bond donors (Lipinski definition) is 1. The fourth-order valence-corrected chi connectivity index (χ4v) is 3.44. The van der Waals surface area contributed by atoms with Gasteiger partial charge in [-0.2, -0.15) is 0 Å². The van der Waals surface area contributed by atoms with E-state index in [0.717, 1.165) is 35.0 Å². The van der Waals surface area contributed by atoms with Gasteiger partial charge < -0.3 is 10.2 Å². The molecule has 1 aromatic carbocycles. The zero-order chi connectivity index (χ0) is 17.5. The number of nitrogens with zero attached hydrogens (tertiary/aromatic N) is 1. The molecule has 1 aliphatic rings. The van der Waals surface area contributed by atoms with Crippen LogP contribution in [0.2, 0.25) is 0 Å². The smallest absolute Gasteiger partial charge is 0.244 e. The van der Waals surface area contributed by atoms with E-state index in [2.05, 4.69) is 27.3 Å². The van der Waals surface area contributed by atoms with Crippen molar-refractivity contribution in [3.8, 4) is 0 Å². The van der Waals surface area contributed by atoms with Crippen molar-refractivity contribution in [3.05, 3.63) is 39.9 Å². The second-order valence-electron chi connectivity index (χ2n) is 6.33. The van der Waals surface area contributed by atoms with Gasteiger partial charge in [0.1, 0.15) is 0 Å². The van der Waals surface area contributed by atoms with E-state index in [9.17, 15) is 9.59 Å². The van der Waals surface area contributed by atoms with Gasteiger partial charge in [-0.3, -0.25) is 9.59 Å². The van der Waals surface area contributed by atoms with E-state index in [0.29, 0.717) is 6.54 Å². The topological polar surface area (TPSA) is 49.4 Å². The van der Waals surface area contributed by atoms with Crippen LogP contribution in [0.5, 0.6) is 0 Å². The quantitative estimate of drug-likeness (QED) is 0.727. The van der Waals surface area contributed by atoms with Crippen LogP contribution in [0, 0.1) is 6.92 Å². The largest absolute Gasteiger partial charge is 0.333 e. The molecule has 0 aromatic heterocycles. The summed E-state index contributed by atoms with van der Waals surface area (Å²) in [5.74, 6) is -0.239. The predicted octanol–water partition coefficient (Wildman–Crippen LogP) is 4.44. The number of amides is 2. The number of carbonyl (C=O) groups excluding carboxylic acids is 2. The van der Waals surface area contributed by atoms with Gasteiger partial charge in [0.15, 0.2) is 0 Å². The summed E-state index contributed by atoms with van der Waals surface area (Å²) in [7, 11) is 0. The third kappa shape index (κ3) is 5.78. The molecule has 24 heavy (non-hydrogen) atoms. The zero-order valence-electron chi connectivity index (χ0n) is 14.4. The number of nitrogens with one attached hydrogen (secondary N) is 1. The first kappa shape index (κ1) is 18.7. The van der Waals surface area contributed by atoms with E-state index in [1.54, 1.807) is 4.90 Å². The van der Waals surface area contributed by atoms with E-state index in [1.165, 1.54) is 25.3 Å². The maximum absolute atomic E-state index is 12.3. The molecular formula is C19H25BrN2O2. The molecular weight excluding hydrogens is 368 g/mol. The highest BCUT2D eigenvalue weighted by molar-refractivity contribution is 9.10. The van der Waals surface area contributed by atoms with E-state index >= 15 is 0 Å². The second kappa shape index (κ2) is 9.02. The maximum atomic E-state index is 12.3. The highest BCUT2D eigenvalue weighted by Crippen LogP contribution is 2.23. The Morgan fingerprint density at radius 1 is 1.29 bits per heavy atom. The Kier molecular flexibility index (Phi) is 7.03. The number of rotatable bonds is 6. The first-order valence-electron chi connectivity index (χ1n) is 8.45. The summed E-state index contributed by atoms with van der Waals surface area (Å²) in [6.45, 7) is 4.20. The van der Waals surface area contributed by atoms with E-state index in [-0.39, 0.29) is 18.4 Å². The van der Waals surface area contributed by atoms with Crippen LogP contribution >= 0.6 is 15.9 Å². The molecule has 0 spiro atoms. The molecule has 0 bridgehead atoms. The Balaban J connectivity index is 1.90. The minimum atomic E-state index is -0.174. The van der Waals surface area contributed by atoms with Gasteiger partial charge >= 0.3 is 0 Å². The molecule has 130 valence electrons. The molecule has 0 heterocycles. The third-order valence-corrected chi connectivity index (χ3v) is 4.92. The Morgan fingerprint density at radius 2 is 2.08 bits per heavy atom. The van der Waals surface area contributed by atoms with Crippen LogP contribution in [0.1, 0.15) is 44.6 Å². The first-order valence-corrected chi connectivity index (χ1v) is 9.24. The van der Waals surface area contributed by atoms with Crippen LogP contribution in [0.25, 0.3) is 0 Å². The SMILES string of the molecule is CC(=O)N(CCC1=CCCCC1)CC(=O)Nc1ccc(C)cc1Br. The number of aryl methyl sites for hydroxylation is 1. The number of halogens is 1. The summed E-state index contributed by atoms with van der Waals surface area (Å²) in [6.07, 6.45) is 7.89. The molecule has 4 nitrogen and oxygen atoms in total. The lowest BCUT2D eigenvalue weighted by atomic mass is 9.97. The molecule has 5 heteroatoms. The predicted molar refractivity (Wildman–Crippen MR) is 101 cm³/mol. The number of benzene rings is 1. The van der Waals surface area contributed by atoms with Crippen LogP contribution in [0.3, 0.4) is 0 Å². The molecule has 2 rings (SSSR count). The number of anilines is 1. The minimum absolute atomic E-state index is 0.0652. The lowest BCUT2D eigenvalue weighted by molar-refractivity contribution is -0.132. The summed E-state index contributed by atoms with van der Waals surface area (Å²) in [5.41, 5.74) is 3.25. The van der Waals surface area contributed by atoms with Crippen molar-refractivity contribution in [1.82, 2.24) is 4.90 Å². The molecule has 1 aromatic rings. The van der Waals surface area contributed by atoms with Crippen molar-refractivity contribution in [2.75, 3.05) is 18.4 Å². The van der Waals surface area contributed by atoms with Crippen LogP contribution in [0.4, 0.5) is 5.69 Å². The number of carbonyl (C=O) groups is 2. The van der Waals surface area contributed by atoms with Gasteiger partial charge in [0.05, 0.1) is 12.2 Å². The highest BCUT2D eigenvalue weighted by Gasteiger charge is 2.15. The van der Waals surface area contributed by atoms with Gasteiger partial charge in [0.2, 0.25) is 11.8 Å². The van der Waals surface area contributed by atoms with Gasteiger partial charge in [0, 0.05) is 17.9 Å². The molecule has 0 saturated carbocycles. The van der Waals surface area contributed by atoms with Gasteiger partial charge in [-0.05, 0) is 72.7 Å². The Labute approximate surface area is 152 Å². The van der Waals surface area contributed by atoms with E-state index in [1.807, 2.05) is 25.1 Å². The van der Waals surface area contributed by atoms with Gasteiger partial charge in [-0.15, -0.1) is 0 Å². The van der Waals surface area contributed by atoms with Crippen molar-refractivity contribution in [2.45, 2.75) is 46.0 Å². The second-order valence-corrected chi connectivity index (χ2v) is 7.18. The summed E-state index contributed by atoms with van der Waals surface area (Å²) in [5, 5.41) is 2.87. The summed E-state index contributed by atoms with van der Waals surface area (Å²) in [4.78, 5) is 25.7. The van der Waals surface area contributed by atoms with Crippen molar-refractivity contribution in [3.63, 3.8) is 0 Å². The van der Waals surface area contributed by atoms with E-state index in [4.69, 9.17) is 0 Å². The van der Waals surface area contributed by atoms with Crippen LogP contribution in [0.15, 0.2) is 34.3 Å². The monoisotopic (exact) mass is 392 g/mol. The van der Waals surface area contributed by atoms with Gasteiger partial charge in [-0.25, -0.2) is 0 Å². The molecule has 1 N–H and O–H groups in total. The number of hydrogen-bond acceptors (Lipinski definition) is 2. The fourth-order valence-electron chi connectivity index (χ4n) is 2.84. The fraction of sp³-hybridized carbons (Fsp3) is 0.474. The standard InChI is InChI=1S/C19H25BrN2O2/c1-14-8-9-18(17(20)12-14)21-19(24)13-22(15(2)23)11-10-16-6-4-3-5-7-16/h6,8-9,12H,3-5,7,10-11,13H2,1-2H3,(H,21,24). The van der Waals surface area contributed by atoms with Gasteiger partial charge in [-0.1, -0.05) is 17.7 Å². The van der Waals surface area contributed by atoms with E-state index < -0.39 is 0 Å². The lowest BCUT2D eigenvalue weighted by Crippen LogP contribution is -2.37. The minimum Gasteiger partial charge on any atom is -0.333 e. The Hall–Kier alpha value is -1.62. The highest BCUT2D eigenvalue weighted by atomic mass is 79.9. The van der Waals surface area contributed by atoms with Crippen molar-refractivity contribution < 1.29 is 9.59 Å². The zero-order valence-corrected chi connectivity index (χ0v) is 16.0. The van der Waals surface area contributed by atoms with Gasteiger partial charge in [0.25, 0.3) is 0 Å². The third-order valence-electron chi connectivity index (χ3n) is 4.27. The molecule has 0 aliphatic heterocycles. The first-order chi connectivity index (χ1) is 11.5. The Bertz CT molecular complexity index is 640. The number of allylic oxidation sites excluding steroid dienone is 1. The summed E-state index contributed by atoms with van der Waals surface area (Å²) in [6, 6.07) is 5.76. The van der Waals surface area contributed by atoms with Crippen molar-refractivity contribution in [2.24, 2.45) is 0 Å². The molecule has 0 atom stereocenters. The normalized spacial score (nSPS) is 14.0. The molecule has 1 aliphatic carbocycles. The molecule has 2 amide bonds. The van der Waals surface area contributed by atoms with Crippen LogP contribution in [-0.2, 0) is 9.59 Å². The average Bonchev–Trinajstić information content (AvgIpc) is 2.55. The molecule has 0 radical (unpaired) electrons. The maximum Gasteiger partial charge on any atom is 0.244 e. The van der Waals surface area contributed by atoms with Crippen LogP contribution in [-0.4, -0.2) is 29.8 Å². The summed E-state index contributed by atoms with van der Waals surface area (Å²) >= 11 is 3.45.